The van der Waals surface area contributed by atoms with Crippen LogP contribution >= 0.6 is 0 Å². The fourth-order valence-electron chi connectivity index (χ4n) is 3.07. The number of rotatable bonds is 2. The van der Waals surface area contributed by atoms with Crippen LogP contribution in [0.15, 0.2) is 60.8 Å². The van der Waals surface area contributed by atoms with Crippen LogP contribution in [0.5, 0.6) is 0 Å². The Labute approximate surface area is 117 Å². The van der Waals surface area contributed by atoms with Crippen LogP contribution in [-0.4, -0.2) is 9.55 Å². The van der Waals surface area contributed by atoms with Crippen LogP contribution in [0, 0.1) is 0 Å². The summed E-state index contributed by atoms with van der Waals surface area (Å²) in [6.45, 7) is 3.19. The molecule has 0 unspecified atom stereocenters. The summed E-state index contributed by atoms with van der Waals surface area (Å²) in [5.41, 5.74) is 5.03. The van der Waals surface area contributed by atoms with Gasteiger partial charge in [0.25, 0.3) is 0 Å². The second-order valence-corrected chi connectivity index (χ2v) is 5.08. The number of nitrogens with zero attached hydrogens (tertiary/aromatic N) is 1. The van der Waals surface area contributed by atoms with Gasteiger partial charge in [-0.1, -0.05) is 24.3 Å². The largest absolute Gasteiger partial charge is 0.361 e. The van der Waals surface area contributed by atoms with Gasteiger partial charge in [0.15, 0.2) is 0 Å². The first kappa shape index (κ1) is 11.4. The van der Waals surface area contributed by atoms with Gasteiger partial charge in [0.1, 0.15) is 0 Å². The van der Waals surface area contributed by atoms with Gasteiger partial charge >= 0.3 is 0 Å². The van der Waals surface area contributed by atoms with Crippen LogP contribution in [0.1, 0.15) is 6.92 Å². The molecule has 0 aliphatic heterocycles. The molecule has 20 heavy (non-hydrogen) atoms. The van der Waals surface area contributed by atoms with Crippen LogP contribution < -0.4 is 0 Å². The van der Waals surface area contributed by atoms with E-state index in [1.165, 1.54) is 33.1 Å². The molecule has 0 bridgehead atoms. The Morgan fingerprint density at radius 2 is 1.75 bits per heavy atom. The summed E-state index contributed by atoms with van der Waals surface area (Å²) < 4.78 is 2.38. The highest BCUT2D eigenvalue weighted by Crippen LogP contribution is 2.32. The molecule has 2 aromatic carbocycles. The lowest BCUT2D eigenvalue weighted by Crippen LogP contribution is -1.92. The minimum Gasteiger partial charge on any atom is -0.361 e. The van der Waals surface area contributed by atoms with Crippen molar-refractivity contribution in [1.82, 2.24) is 9.55 Å². The van der Waals surface area contributed by atoms with Crippen molar-refractivity contribution in [1.29, 1.82) is 0 Å². The van der Waals surface area contributed by atoms with Crippen LogP contribution in [-0.2, 0) is 6.54 Å². The Morgan fingerprint density at radius 3 is 2.55 bits per heavy atom. The smallest absolute Gasteiger partial charge is 0.0491 e. The number of benzene rings is 2. The summed E-state index contributed by atoms with van der Waals surface area (Å²) in [5.74, 6) is 0. The summed E-state index contributed by atoms with van der Waals surface area (Å²) in [4.78, 5) is 3.28. The monoisotopic (exact) mass is 260 g/mol. The lowest BCUT2D eigenvalue weighted by molar-refractivity contribution is 0.827. The molecule has 98 valence electrons. The minimum atomic E-state index is 0.992. The molecule has 0 aliphatic rings. The van der Waals surface area contributed by atoms with E-state index in [4.69, 9.17) is 0 Å². The Bertz CT molecular complexity index is 882. The van der Waals surface area contributed by atoms with Gasteiger partial charge in [-0.25, -0.2) is 0 Å². The fraction of sp³-hybridized carbons (Fsp3) is 0.111. The second kappa shape index (κ2) is 4.27. The highest BCUT2D eigenvalue weighted by atomic mass is 15.0. The summed E-state index contributed by atoms with van der Waals surface area (Å²) in [6.07, 6.45) is 1.97. The van der Waals surface area contributed by atoms with Crippen molar-refractivity contribution in [3.63, 3.8) is 0 Å². The van der Waals surface area contributed by atoms with Crippen molar-refractivity contribution in [2.24, 2.45) is 0 Å². The normalized spacial score (nSPS) is 11.4. The molecule has 0 aliphatic carbocycles. The number of para-hydroxylation sites is 1. The number of hydrogen-bond acceptors (Lipinski definition) is 0. The molecule has 0 fully saturated rings. The molecule has 4 rings (SSSR count). The highest BCUT2D eigenvalue weighted by Gasteiger charge is 2.10. The topological polar surface area (TPSA) is 20.7 Å². The Balaban J connectivity index is 2.10. The zero-order chi connectivity index (χ0) is 13.5. The predicted molar refractivity (Wildman–Crippen MR) is 84.9 cm³/mol. The van der Waals surface area contributed by atoms with Crippen molar-refractivity contribution in [3.05, 3.63) is 60.8 Å². The van der Waals surface area contributed by atoms with E-state index in [9.17, 15) is 0 Å². The quantitative estimate of drug-likeness (QED) is 0.534. The maximum Gasteiger partial charge on any atom is 0.0491 e. The zero-order valence-corrected chi connectivity index (χ0v) is 11.4. The molecule has 0 saturated heterocycles. The third-order valence-corrected chi connectivity index (χ3v) is 4.00. The average molecular weight is 260 g/mol. The summed E-state index contributed by atoms with van der Waals surface area (Å²) in [7, 11) is 0. The lowest BCUT2D eigenvalue weighted by Gasteiger charge is -2.03. The molecule has 0 radical (unpaired) electrons. The molecule has 1 N–H and O–H groups in total. The van der Waals surface area contributed by atoms with E-state index in [1.807, 2.05) is 12.3 Å². The van der Waals surface area contributed by atoms with E-state index >= 15 is 0 Å². The van der Waals surface area contributed by atoms with Gasteiger partial charge in [-0.05, 0) is 42.8 Å². The van der Waals surface area contributed by atoms with Crippen molar-refractivity contribution in [2.75, 3.05) is 0 Å². The Hall–Kier alpha value is -2.48. The molecule has 2 nitrogen and oxygen atoms in total. The fourth-order valence-corrected chi connectivity index (χ4v) is 3.07. The molecule has 2 heteroatoms. The van der Waals surface area contributed by atoms with E-state index < -0.39 is 0 Å². The number of H-pyrrole nitrogens is 1. The van der Waals surface area contributed by atoms with Crippen LogP contribution in [0.4, 0.5) is 0 Å². The molecule has 4 aromatic rings. The van der Waals surface area contributed by atoms with Gasteiger partial charge in [-0.2, -0.15) is 0 Å². The summed E-state index contributed by atoms with van der Waals surface area (Å²) in [5, 5.41) is 2.66. The first-order valence-corrected chi connectivity index (χ1v) is 7.03. The molecular weight excluding hydrogens is 244 g/mol. The molecule has 2 aromatic heterocycles. The first-order valence-electron chi connectivity index (χ1n) is 7.03. The molecule has 0 saturated carbocycles. The lowest BCUT2D eigenvalue weighted by atomic mass is 10.1. The van der Waals surface area contributed by atoms with Gasteiger partial charge < -0.3 is 9.55 Å². The number of aromatic amines is 1. The van der Waals surface area contributed by atoms with Crippen molar-refractivity contribution >= 4 is 21.8 Å². The maximum absolute atomic E-state index is 3.28. The van der Waals surface area contributed by atoms with E-state index in [2.05, 4.69) is 65.0 Å². The zero-order valence-electron chi connectivity index (χ0n) is 11.4. The third kappa shape index (κ3) is 1.51. The maximum atomic E-state index is 3.28. The van der Waals surface area contributed by atoms with Crippen LogP contribution in [0.25, 0.3) is 33.1 Å². The van der Waals surface area contributed by atoms with E-state index in [0.717, 1.165) is 6.54 Å². The summed E-state index contributed by atoms with van der Waals surface area (Å²) in [6, 6.07) is 19.5. The third-order valence-electron chi connectivity index (χ3n) is 4.00. The van der Waals surface area contributed by atoms with Crippen LogP contribution in [0.2, 0.25) is 0 Å². The highest BCUT2D eigenvalue weighted by molar-refractivity contribution is 6.09. The van der Waals surface area contributed by atoms with Crippen molar-refractivity contribution in [2.45, 2.75) is 13.5 Å². The van der Waals surface area contributed by atoms with Crippen molar-refractivity contribution < 1.29 is 0 Å². The average Bonchev–Trinajstić information content (AvgIpc) is 3.12. The van der Waals surface area contributed by atoms with Gasteiger partial charge in [0, 0.05) is 40.2 Å². The number of aryl methyl sites for hydroxylation is 1. The molecule has 2 heterocycles. The minimum absolute atomic E-state index is 0.992. The second-order valence-electron chi connectivity index (χ2n) is 5.08. The Kier molecular flexibility index (Phi) is 2.43. The first-order chi connectivity index (χ1) is 9.88. The number of aromatic nitrogens is 2. The molecule has 0 atom stereocenters. The standard InChI is InChI=1S/C18H16N2/c1-2-20-17-8-4-3-6-14(17)15-12-13(9-10-18(15)20)16-7-5-11-19-16/h3-12,19H,2H2,1H3. The SMILES string of the molecule is CCn1c2ccccc2c2cc(-c3ccc[nH]3)ccc21. The van der Waals surface area contributed by atoms with Crippen molar-refractivity contribution in [3.8, 4) is 11.3 Å². The summed E-state index contributed by atoms with van der Waals surface area (Å²) >= 11 is 0. The van der Waals surface area contributed by atoms with E-state index in [1.54, 1.807) is 0 Å². The molecule has 0 amide bonds. The van der Waals surface area contributed by atoms with Gasteiger partial charge in [0.2, 0.25) is 0 Å². The number of nitrogens with one attached hydrogen (secondary N) is 1. The van der Waals surface area contributed by atoms with E-state index in [-0.39, 0.29) is 0 Å². The number of hydrogen-bond donors (Lipinski definition) is 1. The number of fused-ring (bicyclic) bond motifs is 3. The van der Waals surface area contributed by atoms with Crippen LogP contribution in [0.3, 0.4) is 0 Å². The van der Waals surface area contributed by atoms with Gasteiger partial charge in [-0.3, -0.25) is 0 Å². The Morgan fingerprint density at radius 1 is 0.900 bits per heavy atom. The predicted octanol–water partition coefficient (Wildman–Crippen LogP) is 4.81. The van der Waals surface area contributed by atoms with Gasteiger partial charge in [0.05, 0.1) is 0 Å². The van der Waals surface area contributed by atoms with Gasteiger partial charge in [-0.15, -0.1) is 0 Å². The van der Waals surface area contributed by atoms with E-state index in [0.29, 0.717) is 0 Å². The molecule has 0 spiro atoms. The molecular formula is C18H16N2.